The van der Waals surface area contributed by atoms with Crippen LogP contribution in [0.3, 0.4) is 0 Å². The van der Waals surface area contributed by atoms with Crippen molar-refractivity contribution in [1.82, 2.24) is 14.8 Å². The van der Waals surface area contributed by atoms with Gasteiger partial charge in [0.15, 0.2) is 5.43 Å². The lowest BCUT2D eigenvalue weighted by atomic mass is 10.2. The zero-order valence-electron chi connectivity index (χ0n) is 25.5. The molecule has 3 heterocycles. The van der Waals surface area contributed by atoms with Gasteiger partial charge in [0.05, 0.1) is 5.69 Å². The predicted molar refractivity (Wildman–Crippen MR) is 171 cm³/mol. The fourth-order valence-electron chi connectivity index (χ4n) is 4.16. The van der Waals surface area contributed by atoms with Crippen molar-refractivity contribution in [3.8, 4) is 37.0 Å². The highest BCUT2D eigenvalue weighted by Crippen LogP contribution is 2.25. The fourth-order valence-corrected chi connectivity index (χ4v) is 4.81. The Bertz CT molecular complexity index is 1110. The van der Waals surface area contributed by atoms with Crippen LogP contribution in [0.15, 0.2) is 40.0 Å². The van der Waals surface area contributed by atoms with E-state index in [4.69, 9.17) is 5.11 Å². The van der Waals surface area contributed by atoms with Crippen LogP contribution in [-0.4, -0.2) is 68.1 Å². The minimum absolute atomic E-state index is 0.0370. The molecular weight excluding hydrogens is 554 g/mol. The number of aliphatic carboxylic acids is 1. The summed E-state index contributed by atoms with van der Waals surface area (Å²) in [5, 5.41) is 22.3. The van der Waals surface area contributed by atoms with E-state index >= 15 is 0 Å². The van der Waals surface area contributed by atoms with Crippen LogP contribution in [0, 0.1) is 31.6 Å². The largest absolute Gasteiger partial charge is 0.480 e. The van der Waals surface area contributed by atoms with Crippen molar-refractivity contribution in [2.24, 2.45) is 5.92 Å². The lowest BCUT2D eigenvalue weighted by Gasteiger charge is -2.29. The first-order chi connectivity index (χ1) is 20.1. The Kier molecular flexibility index (Phi) is 22.6. The quantitative estimate of drug-likeness (QED) is 0.346. The van der Waals surface area contributed by atoms with Crippen LogP contribution in [0.2, 0.25) is 0 Å². The normalized spacial score (nSPS) is 14.9. The Hall–Kier alpha value is -4.02. The third-order valence-corrected chi connectivity index (χ3v) is 6.46. The molecule has 1 aliphatic carbocycles. The van der Waals surface area contributed by atoms with Crippen molar-refractivity contribution in [1.29, 1.82) is 0 Å². The van der Waals surface area contributed by atoms with Gasteiger partial charge in [-0.15, -0.1) is 25.7 Å². The molecule has 4 rings (SSSR count). The van der Waals surface area contributed by atoms with Gasteiger partial charge >= 0.3 is 12.1 Å². The number of nitrogens with one attached hydrogen (secondary N) is 1. The summed E-state index contributed by atoms with van der Waals surface area (Å²) in [5.41, 5.74) is 1.98. The van der Waals surface area contributed by atoms with Crippen molar-refractivity contribution < 1.29 is 24.6 Å². The molecule has 1 saturated heterocycles. The Morgan fingerprint density at radius 1 is 1.02 bits per heavy atom. The molecular formula is C32H47N3O6S. The number of amides is 2. The second-order valence-electron chi connectivity index (χ2n) is 9.61. The van der Waals surface area contributed by atoms with E-state index in [-0.39, 0.29) is 18.0 Å². The molecule has 0 radical (unpaired) electrons. The lowest BCUT2D eigenvalue weighted by molar-refractivity contribution is -0.148. The second kappa shape index (κ2) is 23.7. The number of thiophene rings is 1. The highest BCUT2D eigenvalue weighted by molar-refractivity contribution is 7.08. The first-order valence-corrected chi connectivity index (χ1v) is 14.9. The first kappa shape index (κ1) is 40.1. The summed E-state index contributed by atoms with van der Waals surface area (Å²) in [6.45, 7) is 10.7. The highest BCUT2D eigenvalue weighted by atomic mass is 32.1. The number of carbonyl (C=O) groups excluding carboxylic acids is 1. The Morgan fingerprint density at radius 3 is 2.05 bits per heavy atom. The summed E-state index contributed by atoms with van der Waals surface area (Å²) in [6, 6.07) is 4.18. The Morgan fingerprint density at radius 2 is 1.60 bits per heavy atom. The molecule has 2 aromatic rings. The van der Waals surface area contributed by atoms with Gasteiger partial charge in [0.1, 0.15) is 12.6 Å². The fraction of sp³-hybridized carbons (Fsp3) is 0.500. The Balaban J connectivity index is 0. The molecule has 2 amide bonds. The van der Waals surface area contributed by atoms with E-state index in [0.29, 0.717) is 19.4 Å². The third-order valence-electron chi connectivity index (χ3n) is 5.78. The SMILES string of the molecule is C#C.C#C.CC.CC(C)C.O=C(O)[C@@H]1CCCN1C(=O)CN(C(=O)O)C1CCCC1.O=c1cc[nH]c(-c2ccsc2)c1. The van der Waals surface area contributed by atoms with Crippen molar-refractivity contribution in [2.75, 3.05) is 13.1 Å². The number of likely N-dealkylation sites (tertiary alicyclic amines) is 1. The first-order valence-electron chi connectivity index (χ1n) is 14.0. The van der Waals surface area contributed by atoms with Crippen LogP contribution in [-0.2, 0) is 9.59 Å². The van der Waals surface area contributed by atoms with Gasteiger partial charge in [0, 0.05) is 41.9 Å². The standard InChI is InChI=1S/C13H20N2O5.C9H7NOS.C4H10.C2H6.2C2H2/c16-11(14-7-3-6-10(14)12(17)18)8-15(13(19)20)9-4-1-2-5-9;11-8-1-3-10-9(5-8)7-2-4-12-6-7;1-4(2)3;3*1-2/h9-10H,1-8H2,(H,17,18)(H,19,20);1-6H,(H,10,11);4H,1-3H3;1-2H3;2*1-2H/t10-;;;;;/m0...../s1. The van der Waals surface area contributed by atoms with E-state index in [0.717, 1.165) is 42.9 Å². The number of aromatic amines is 1. The van der Waals surface area contributed by atoms with Crippen LogP contribution < -0.4 is 5.43 Å². The smallest absolute Gasteiger partial charge is 0.408 e. The van der Waals surface area contributed by atoms with Crippen LogP contribution in [0.25, 0.3) is 11.3 Å². The van der Waals surface area contributed by atoms with Gasteiger partial charge in [-0.3, -0.25) is 14.5 Å². The Labute approximate surface area is 255 Å². The molecule has 0 bridgehead atoms. The number of carboxylic acids is 1. The van der Waals surface area contributed by atoms with Gasteiger partial charge in [-0.2, -0.15) is 11.3 Å². The minimum atomic E-state index is -1.10. The molecule has 1 atom stereocenters. The lowest BCUT2D eigenvalue weighted by Crippen LogP contribution is -2.49. The molecule has 0 unspecified atom stereocenters. The zero-order valence-corrected chi connectivity index (χ0v) is 26.3. The number of aromatic nitrogens is 1. The van der Waals surface area contributed by atoms with Gasteiger partial charge < -0.3 is 20.1 Å². The summed E-state index contributed by atoms with van der Waals surface area (Å²) in [4.78, 5) is 51.0. The molecule has 0 spiro atoms. The maximum atomic E-state index is 12.2. The van der Waals surface area contributed by atoms with Gasteiger partial charge in [0.2, 0.25) is 5.91 Å². The summed E-state index contributed by atoms with van der Waals surface area (Å²) < 4.78 is 0. The van der Waals surface area contributed by atoms with E-state index in [1.165, 1.54) is 15.9 Å². The van der Waals surface area contributed by atoms with E-state index in [1.54, 1.807) is 23.6 Å². The van der Waals surface area contributed by atoms with Crippen LogP contribution in [0.1, 0.15) is 73.1 Å². The molecule has 2 aromatic heterocycles. The van der Waals surface area contributed by atoms with Gasteiger partial charge in [0.25, 0.3) is 0 Å². The summed E-state index contributed by atoms with van der Waals surface area (Å²) in [6.07, 6.45) is 21.2. The average molecular weight is 602 g/mol. The number of rotatable bonds is 5. The maximum absolute atomic E-state index is 12.2. The van der Waals surface area contributed by atoms with Crippen LogP contribution in [0.5, 0.6) is 0 Å². The molecule has 1 aliphatic heterocycles. The molecule has 1 saturated carbocycles. The number of hydrogen-bond donors (Lipinski definition) is 3. The van der Waals surface area contributed by atoms with Crippen molar-refractivity contribution in [3.05, 3.63) is 45.4 Å². The highest BCUT2D eigenvalue weighted by Gasteiger charge is 2.36. The average Bonchev–Trinajstić information content (AvgIpc) is 3.78. The second-order valence-corrected chi connectivity index (χ2v) is 10.4. The van der Waals surface area contributed by atoms with Gasteiger partial charge in [-0.1, -0.05) is 47.5 Å². The van der Waals surface area contributed by atoms with Crippen molar-refractivity contribution >= 4 is 29.3 Å². The zero-order chi connectivity index (χ0) is 32.7. The maximum Gasteiger partial charge on any atom is 0.408 e. The molecule has 42 heavy (non-hydrogen) atoms. The topological polar surface area (TPSA) is 131 Å². The molecule has 0 aromatic carbocycles. The number of nitrogens with zero attached hydrogens (tertiary/aromatic N) is 2. The van der Waals surface area contributed by atoms with E-state index < -0.39 is 24.0 Å². The summed E-state index contributed by atoms with van der Waals surface area (Å²) >= 11 is 1.62. The number of carbonyl (C=O) groups is 3. The molecule has 9 nitrogen and oxygen atoms in total. The summed E-state index contributed by atoms with van der Waals surface area (Å²) in [5.74, 6) is -0.581. The molecule has 232 valence electrons. The van der Waals surface area contributed by atoms with E-state index in [2.05, 4.69) is 51.4 Å². The third kappa shape index (κ3) is 15.1. The van der Waals surface area contributed by atoms with Gasteiger partial charge in [-0.05, 0) is 43.0 Å². The minimum Gasteiger partial charge on any atom is -0.480 e. The molecule has 2 aliphatic rings. The van der Waals surface area contributed by atoms with Crippen LogP contribution in [0.4, 0.5) is 4.79 Å². The van der Waals surface area contributed by atoms with E-state index in [9.17, 15) is 24.3 Å². The number of carboxylic acid groups (broad SMARTS) is 2. The number of pyridine rings is 1. The van der Waals surface area contributed by atoms with Crippen molar-refractivity contribution in [3.63, 3.8) is 0 Å². The predicted octanol–water partition coefficient (Wildman–Crippen LogP) is 6.28. The molecule has 10 heteroatoms. The molecule has 3 N–H and O–H groups in total. The number of hydrogen-bond acceptors (Lipinski definition) is 5. The van der Waals surface area contributed by atoms with E-state index in [1.807, 2.05) is 30.7 Å². The summed E-state index contributed by atoms with van der Waals surface area (Å²) in [7, 11) is 0. The number of terminal acetylenes is 2. The van der Waals surface area contributed by atoms with Gasteiger partial charge in [-0.25, -0.2) is 9.59 Å². The van der Waals surface area contributed by atoms with Crippen molar-refractivity contribution in [2.45, 2.75) is 85.2 Å². The monoisotopic (exact) mass is 601 g/mol. The molecule has 2 fully saturated rings. The van der Waals surface area contributed by atoms with Crippen LogP contribution >= 0.6 is 11.3 Å². The number of H-pyrrole nitrogens is 1.